The number of methoxy groups -OCH3 is 1. The zero-order valence-corrected chi connectivity index (χ0v) is 10.1. The molecule has 0 atom stereocenters. The number of nitrogens with zero attached hydrogens (tertiary/aromatic N) is 1. The lowest BCUT2D eigenvalue weighted by atomic mass is 10.1. The van der Waals surface area contributed by atoms with Crippen LogP contribution >= 0.6 is 15.9 Å². The van der Waals surface area contributed by atoms with Crippen LogP contribution in [0.25, 0.3) is 0 Å². The minimum absolute atomic E-state index is 0. The Labute approximate surface area is 100 Å². The van der Waals surface area contributed by atoms with E-state index < -0.39 is 0 Å². The van der Waals surface area contributed by atoms with E-state index in [1.807, 2.05) is 0 Å². The second kappa shape index (κ2) is 4.97. The monoisotopic (exact) mass is 271 g/mol. The van der Waals surface area contributed by atoms with Gasteiger partial charge >= 0.3 is 0 Å². The summed E-state index contributed by atoms with van der Waals surface area (Å²) in [5, 5.41) is 0. The van der Waals surface area contributed by atoms with Gasteiger partial charge in [0.1, 0.15) is 0 Å². The molecule has 0 saturated heterocycles. The fraction of sp³-hybridized carbons (Fsp3) is 0.583. The van der Waals surface area contributed by atoms with Crippen LogP contribution in [0.3, 0.4) is 0 Å². The molecule has 0 radical (unpaired) electrons. The molecule has 0 fully saturated rings. The van der Waals surface area contributed by atoms with E-state index >= 15 is 0 Å². The zero-order valence-electron chi connectivity index (χ0n) is 8.56. The van der Waals surface area contributed by atoms with Gasteiger partial charge in [-0.15, -0.1) is 0 Å². The second-order valence-corrected chi connectivity index (χ2v) is 4.34. The smallest absolute Gasteiger partial charge is 0.217 e. The summed E-state index contributed by atoms with van der Waals surface area (Å²) in [5.74, 6) is 0.792. The molecule has 2 rings (SSSR count). The highest BCUT2D eigenvalue weighted by Crippen LogP contribution is 2.35. The first kappa shape index (κ1) is 12.5. The maximum atomic E-state index is 5.30. The summed E-state index contributed by atoms with van der Waals surface area (Å²) in [6.07, 6.45) is 4.43. The highest BCUT2D eigenvalue weighted by Gasteiger charge is 2.20. The fourth-order valence-corrected chi connectivity index (χ4v) is 2.91. The molecule has 1 aliphatic carbocycles. The van der Waals surface area contributed by atoms with Crippen molar-refractivity contribution in [2.24, 2.45) is 0 Å². The van der Waals surface area contributed by atoms with E-state index in [0.29, 0.717) is 0 Å². The SMILES string of the molecule is C.CCc1c(OC)nc2c(c1Br)CCC2. The third kappa shape index (κ3) is 2.03. The molecule has 0 spiro atoms. The maximum Gasteiger partial charge on any atom is 0.217 e. The van der Waals surface area contributed by atoms with E-state index in [1.54, 1.807) is 7.11 Å². The quantitative estimate of drug-likeness (QED) is 0.821. The van der Waals surface area contributed by atoms with Crippen LogP contribution in [0.5, 0.6) is 5.88 Å². The van der Waals surface area contributed by atoms with Gasteiger partial charge in [-0.25, -0.2) is 4.98 Å². The highest BCUT2D eigenvalue weighted by molar-refractivity contribution is 9.10. The molecule has 1 heterocycles. The van der Waals surface area contributed by atoms with E-state index in [4.69, 9.17) is 4.74 Å². The van der Waals surface area contributed by atoms with Crippen LogP contribution in [-0.2, 0) is 19.3 Å². The molecule has 1 aromatic rings. The second-order valence-electron chi connectivity index (χ2n) is 3.55. The number of aromatic nitrogens is 1. The van der Waals surface area contributed by atoms with Crippen molar-refractivity contribution in [1.82, 2.24) is 4.98 Å². The average Bonchev–Trinajstić information content (AvgIpc) is 2.65. The summed E-state index contributed by atoms with van der Waals surface area (Å²) in [4.78, 5) is 4.55. The Hall–Kier alpha value is -0.570. The third-order valence-electron chi connectivity index (χ3n) is 2.76. The van der Waals surface area contributed by atoms with Gasteiger partial charge in [-0.2, -0.15) is 0 Å². The Bertz CT molecular complexity index is 363. The molecule has 2 nitrogen and oxygen atoms in total. The molecular weight excluding hydrogens is 254 g/mol. The Morgan fingerprint density at radius 3 is 2.73 bits per heavy atom. The molecule has 3 heteroatoms. The largest absolute Gasteiger partial charge is 0.481 e. The van der Waals surface area contributed by atoms with Gasteiger partial charge in [-0.1, -0.05) is 14.4 Å². The van der Waals surface area contributed by atoms with Gasteiger partial charge in [0.25, 0.3) is 0 Å². The first-order valence-corrected chi connectivity index (χ1v) is 5.81. The summed E-state index contributed by atoms with van der Waals surface area (Å²) in [6, 6.07) is 0. The van der Waals surface area contributed by atoms with Gasteiger partial charge < -0.3 is 4.74 Å². The number of hydrogen-bond donors (Lipinski definition) is 0. The van der Waals surface area contributed by atoms with Gasteiger partial charge in [-0.3, -0.25) is 0 Å². The molecule has 84 valence electrons. The number of aryl methyl sites for hydroxylation is 1. The minimum atomic E-state index is 0. The van der Waals surface area contributed by atoms with Crippen molar-refractivity contribution in [3.63, 3.8) is 0 Å². The lowest BCUT2D eigenvalue weighted by molar-refractivity contribution is 0.391. The standard InChI is InChI=1S/C11H14BrNO.CH4/c1-3-7-10(12)8-5-4-6-9(8)13-11(7)14-2;/h3-6H2,1-2H3;1H4. The summed E-state index contributed by atoms with van der Waals surface area (Å²) in [5.41, 5.74) is 3.81. The molecule has 1 aromatic heterocycles. The molecule has 0 bridgehead atoms. The first-order valence-electron chi connectivity index (χ1n) is 5.02. The average molecular weight is 272 g/mol. The molecule has 0 unspecified atom stereocenters. The topological polar surface area (TPSA) is 22.1 Å². The van der Waals surface area contributed by atoms with Crippen molar-refractivity contribution in [2.45, 2.75) is 40.0 Å². The predicted octanol–water partition coefficient (Wildman–Crippen LogP) is 3.54. The van der Waals surface area contributed by atoms with E-state index in [0.717, 1.165) is 25.1 Å². The fourth-order valence-electron chi connectivity index (χ4n) is 2.03. The molecular formula is C12H18BrNO. The minimum Gasteiger partial charge on any atom is -0.481 e. The van der Waals surface area contributed by atoms with Crippen LogP contribution in [0.1, 0.15) is 37.6 Å². The van der Waals surface area contributed by atoms with Gasteiger partial charge in [0, 0.05) is 15.7 Å². The lowest BCUT2D eigenvalue weighted by Crippen LogP contribution is -2.00. The van der Waals surface area contributed by atoms with Crippen molar-refractivity contribution in [3.05, 3.63) is 21.3 Å². The van der Waals surface area contributed by atoms with Crippen molar-refractivity contribution < 1.29 is 4.74 Å². The van der Waals surface area contributed by atoms with E-state index in [-0.39, 0.29) is 7.43 Å². The summed E-state index contributed by atoms with van der Waals surface area (Å²) in [7, 11) is 1.69. The number of ether oxygens (including phenoxy) is 1. The number of pyridine rings is 1. The van der Waals surface area contributed by atoms with Crippen molar-refractivity contribution in [1.29, 1.82) is 0 Å². The first-order chi connectivity index (χ1) is 6.77. The molecule has 0 N–H and O–H groups in total. The van der Waals surface area contributed by atoms with Gasteiger partial charge in [0.15, 0.2) is 0 Å². The number of hydrogen-bond acceptors (Lipinski definition) is 2. The maximum absolute atomic E-state index is 5.30. The molecule has 0 aromatic carbocycles. The number of rotatable bonds is 2. The van der Waals surface area contributed by atoms with Crippen LogP contribution in [-0.4, -0.2) is 12.1 Å². The van der Waals surface area contributed by atoms with Gasteiger partial charge in [0.05, 0.1) is 7.11 Å². The highest BCUT2D eigenvalue weighted by atomic mass is 79.9. The van der Waals surface area contributed by atoms with Crippen LogP contribution < -0.4 is 4.74 Å². The summed E-state index contributed by atoms with van der Waals surface area (Å²) >= 11 is 3.66. The van der Waals surface area contributed by atoms with E-state index in [2.05, 4.69) is 27.8 Å². The Morgan fingerprint density at radius 1 is 1.40 bits per heavy atom. The third-order valence-corrected chi connectivity index (χ3v) is 3.72. The Kier molecular flexibility index (Phi) is 4.14. The van der Waals surface area contributed by atoms with Gasteiger partial charge in [-0.05, 0) is 47.2 Å². The number of fused-ring (bicyclic) bond motifs is 1. The Balaban J connectivity index is 0.00000112. The summed E-state index contributed by atoms with van der Waals surface area (Å²) < 4.78 is 6.52. The molecule has 0 amide bonds. The van der Waals surface area contributed by atoms with Crippen molar-refractivity contribution in [3.8, 4) is 5.88 Å². The molecule has 1 aliphatic rings. The lowest BCUT2D eigenvalue weighted by Gasteiger charge is -2.11. The van der Waals surface area contributed by atoms with Crippen molar-refractivity contribution in [2.75, 3.05) is 7.11 Å². The predicted molar refractivity (Wildman–Crippen MR) is 66.6 cm³/mol. The van der Waals surface area contributed by atoms with E-state index in [9.17, 15) is 0 Å². The van der Waals surface area contributed by atoms with Crippen LogP contribution in [0.15, 0.2) is 4.47 Å². The van der Waals surface area contributed by atoms with Crippen LogP contribution in [0.4, 0.5) is 0 Å². The van der Waals surface area contributed by atoms with Gasteiger partial charge in [0.2, 0.25) is 5.88 Å². The van der Waals surface area contributed by atoms with E-state index in [1.165, 1.54) is 27.7 Å². The zero-order chi connectivity index (χ0) is 10.1. The number of halogens is 1. The van der Waals surface area contributed by atoms with Crippen molar-refractivity contribution >= 4 is 15.9 Å². The normalized spacial score (nSPS) is 13.3. The molecule has 15 heavy (non-hydrogen) atoms. The molecule has 0 aliphatic heterocycles. The van der Waals surface area contributed by atoms with Crippen LogP contribution in [0.2, 0.25) is 0 Å². The summed E-state index contributed by atoms with van der Waals surface area (Å²) in [6.45, 7) is 2.13. The Morgan fingerprint density at radius 2 is 2.13 bits per heavy atom. The molecule has 0 saturated carbocycles. The van der Waals surface area contributed by atoms with Crippen LogP contribution in [0, 0.1) is 0 Å².